The normalized spacial score (nSPS) is 9.64. The summed E-state index contributed by atoms with van der Waals surface area (Å²) in [4.78, 5) is 42.4. The largest absolute Gasteiger partial charge is 0.550 e. The number of aldehydes is 1. The topological polar surface area (TPSA) is 108 Å². The number of hydrogen-bond acceptors (Lipinski definition) is 5. The van der Waals surface area contributed by atoms with Crippen LogP contribution in [0.5, 0.6) is 0 Å². The Morgan fingerprint density at radius 1 is 1.05 bits per heavy atom. The molecule has 0 saturated carbocycles. The predicted molar refractivity (Wildman–Crippen MR) is 79.9 cm³/mol. The highest BCUT2D eigenvalue weighted by molar-refractivity contribution is 6.27. The smallest absolute Gasteiger partial charge is 0.290 e. The maximum atomic E-state index is 11.4. The Morgan fingerprint density at radius 2 is 1.50 bits per heavy atom. The van der Waals surface area contributed by atoms with Crippen LogP contribution in [0.3, 0.4) is 0 Å². The molecule has 2 amide bonds. The van der Waals surface area contributed by atoms with E-state index in [1.165, 1.54) is 4.90 Å². The van der Waals surface area contributed by atoms with Crippen LogP contribution in [0.4, 0.5) is 0 Å². The first-order valence-electron chi connectivity index (χ1n) is 7.67. The fourth-order valence-corrected chi connectivity index (χ4v) is 1.75. The number of imide groups is 1. The van der Waals surface area contributed by atoms with Gasteiger partial charge in [0.25, 0.3) is 5.91 Å². The molecule has 0 aliphatic rings. The van der Waals surface area contributed by atoms with Gasteiger partial charge in [0.2, 0.25) is 12.2 Å². The molecule has 7 heteroatoms. The van der Waals surface area contributed by atoms with Crippen LogP contribution in [0.25, 0.3) is 0 Å². The van der Waals surface area contributed by atoms with Crippen molar-refractivity contribution in [3.63, 3.8) is 0 Å². The Kier molecular flexibility index (Phi) is 16.0. The van der Waals surface area contributed by atoms with Gasteiger partial charge in [0.05, 0.1) is 26.1 Å². The number of quaternary nitrogens is 1. The fraction of sp³-hybridized carbons (Fsp3) is 0.733. The second-order valence-electron chi connectivity index (χ2n) is 4.98. The van der Waals surface area contributed by atoms with E-state index in [2.05, 4.69) is 13.8 Å². The van der Waals surface area contributed by atoms with Gasteiger partial charge in [-0.2, -0.15) is 0 Å². The summed E-state index contributed by atoms with van der Waals surface area (Å²) in [6.07, 6.45) is 5.00. The maximum Gasteiger partial charge on any atom is 0.290 e. The molecular weight excluding hydrogens is 288 g/mol. The Balaban J connectivity index is 0. The molecule has 0 radical (unpaired) electrons. The van der Waals surface area contributed by atoms with Gasteiger partial charge in [0, 0.05) is 5.97 Å². The lowest BCUT2D eigenvalue weighted by atomic mass is 10.2. The summed E-state index contributed by atoms with van der Waals surface area (Å²) >= 11 is 0. The quantitative estimate of drug-likeness (QED) is 0.375. The lowest BCUT2D eigenvalue weighted by Crippen LogP contribution is -3.12. The number of carbonyl (C=O) groups excluding carboxylic acids is 4. The molecule has 0 spiro atoms. The van der Waals surface area contributed by atoms with Crippen LogP contribution >= 0.6 is 0 Å². The third-order valence-electron chi connectivity index (χ3n) is 2.84. The molecule has 0 aromatic rings. The molecule has 128 valence electrons. The lowest BCUT2D eigenvalue weighted by Gasteiger charge is -2.18. The van der Waals surface area contributed by atoms with Crippen molar-refractivity contribution >= 4 is 24.1 Å². The number of aliphatic carboxylic acids is 1. The van der Waals surface area contributed by atoms with Gasteiger partial charge in [0.15, 0.2) is 0 Å². The summed E-state index contributed by atoms with van der Waals surface area (Å²) in [5.41, 5.74) is 0. The van der Waals surface area contributed by atoms with Gasteiger partial charge in [-0.05, 0) is 19.8 Å². The van der Waals surface area contributed by atoms with Crippen LogP contribution in [0.2, 0.25) is 0 Å². The number of hydrogen-bond donors (Lipinski definition) is 2. The SMILES string of the molecule is CC(=O)[O-].CCCC[NH+](CCCC)CCC(=O)NC(=O)C=O. The van der Waals surface area contributed by atoms with Crippen LogP contribution < -0.4 is 15.3 Å². The molecular formula is C15H28N2O5. The molecule has 7 nitrogen and oxygen atoms in total. The molecule has 0 atom stereocenters. The highest BCUT2D eigenvalue weighted by Crippen LogP contribution is 1.84. The van der Waals surface area contributed by atoms with Gasteiger partial charge >= 0.3 is 0 Å². The molecule has 22 heavy (non-hydrogen) atoms. The summed E-state index contributed by atoms with van der Waals surface area (Å²) < 4.78 is 0. The van der Waals surface area contributed by atoms with Gasteiger partial charge < -0.3 is 14.8 Å². The molecule has 0 unspecified atom stereocenters. The zero-order chi connectivity index (χ0) is 17.4. The Labute approximate surface area is 132 Å². The van der Waals surface area contributed by atoms with E-state index in [4.69, 9.17) is 9.90 Å². The minimum atomic E-state index is -1.08. The molecule has 0 aliphatic carbocycles. The van der Waals surface area contributed by atoms with E-state index < -0.39 is 11.9 Å². The second-order valence-corrected chi connectivity index (χ2v) is 4.98. The molecule has 0 bridgehead atoms. The highest BCUT2D eigenvalue weighted by Gasteiger charge is 2.12. The molecule has 0 heterocycles. The summed E-state index contributed by atoms with van der Waals surface area (Å²) in [7, 11) is 0. The van der Waals surface area contributed by atoms with Crippen molar-refractivity contribution < 1.29 is 29.2 Å². The van der Waals surface area contributed by atoms with E-state index in [0.29, 0.717) is 6.42 Å². The zero-order valence-electron chi connectivity index (χ0n) is 13.8. The average Bonchev–Trinajstić information content (AvgIpc) is 2.45. The number of rotatable bonds is 10. The number of carboxylic acid groups (broad SMARTS) is 1. The lowest BCUT2D eigenvalue weighted by molar-refractivity contribution is -0.900. The van der Waals surface area contributed by atoms with Crippen molar-refractivity contribution in [3.8, 4) is 0 Å². The summed E-state index contributed by atoms with van der Waals surface area (Å²) in [5, 5.41) is 10.9. The third-order valence-corrected chi connectivity index (χ3v) is 2.84. The molecule has 0 aromatic carbocycles. The zero-order valence-corrected chi connectivity index (χ0v) is 13.8. The molecule has 2 N–H and O–H groups in total. The van der Waals surface area contributed by atoms with Gasteiger partial charge in [-0.25, -0.2) is 0 Å². The molecule has 0 rings (SSSR count). The van der Waals surface area contributed by atoms with Crippen molar-refractivity contribution in [2.24, 2.45) is 0 Å². The van der Waals surface area contributed by atoms with Crippen molar-refractivity contribution in [1.29, 1.82) is 0 Å². The van der Waals surface area contributed by atoms with E-state index in [1.807, 2.05) is 5.32 Å². The van der Waals surface area contributed by atoms with Gasteiger partial charge in [-0.3, -0.25) is 19.7 Å². The molecule has 0 fully saturated rings. The van der Waals surface area contributed by atoms with Crippen LogP contribution in [-0.2, 0) is 19.2 Å². The van der Waals surface area contributed by atoms with Crippen molar-refractivity contribution in [1.82, 2.24) is 5.32 Å². The second kappa shape index (κ2) is 15.6. The monoisotopic (exact) mass is 316 g/mol. The van der Waals surface area contributed by atoms with Gasteiger partial charge in [0.1, 0.15) is 0 Å². The van der Waals surface area contributed by atoms with Crippen LogP contribution in [0, 0.1) is 0 Å². The van der Waals surface area contributed by atoms with Crippen LogP contribution in [0.1, 0.15) is 52.9 Å². The molecule has 0 aromatic heterocycles. The summed E-state index contributed by atoms with van der Waals surface area (Å²) in [6, 6.07) is 0. The maximum absolute atomic E-state index is 11.4. The first kappa shape index (κ1) is 22.5. The number of amides is 2. The van der Waals surface area contributed by atoms with E-state index in [-0.39, 0.29) is 12.2 Å². The summed E-state index contributed by atoms with van der Waals surface area (Å²) in [5.74, 6) is -2.30. The first-order valence-corrected chi connectivity index (χ1v) is 7.67. The van der Waals surface area contributed by atoms with Crippen molar-refractivity contribution in [2.45, 2.75) is 52.9 Å². The third kappa shape index (κ3) is 18.2. The standard InChI is InChI=1S/C13H24N2O3.C2H4O2/c1-3-5-8-15(9-6-4-2)10-7-12(17)14-13(18)11-16;1-2(3)4/h11H,3-10H2,1-2H3,(H,14,17,18);1H3,(H,3,4). The fourth-order valence-electron chi connectivity index (χ4n) is 1.75. The van der Waals surface area contributed by atoms with Crippen molar-refractivity contribution in [2.75, 3.05) is 19.6 Å². The van der Waals surface area contributed by atoms with E-state index in [1.54, 1.807) is 0 Å². The van der Waals surface area contributed by atoms with Gasteiger partial charge in [-0.1, -0.05) is 26.7 Å². The van der Waals surface area contributed by atoms with E-state index >= 15 is 0 Å². The minimum Gasteiger partial charge on any atom is -0.550 e. The van der Waals surface area contributed by atoms with Crippen LogP contribution in [0.15, 0.2) is 0 Å². The first-order chi connectivity index (χ1) is 10.4. The molecule has 0 saturated heterocycles. The Hall–Kier alpha value is -1.76. The Bertz CT molecular complexity index is 333. The summed E-state index contributed by atoms with van der Waals surface area (Å²) in [6.45, 7) is 8.11. The molecule has 0 aliphatic heterocycles. The number of carbonyl (C=O) groups is 4. The minimum absolute atomic E-state index is 0.122. The van der Waals surface area contributed by atoms with E-state index in [0.717, 1.165) is 52.2 Å². The number of nitrogens with one attached hydrogen (secondary N) is 2. The van der Waals surface area contributed by atoms with Crippen molar-refractivity contribution in [3.05, 3.63) is 0 Å². The van der Waals surface area contributed by atoms with Gasteiger partial charge in [-0.15, -0.1) is 0 Å². The predicted octanol–water partition coefficient (Wildman–Crippen LogP) is -1.54. The number of carboxylic acids is 1. The van der Waals surface area contributed by atoms with Crippen LogP contribution in [-0.4, -0.2) is 43.7 Å². The highest BCUT2D eigenvalue weighted by atomic mass is 16.4. The van der Waals surface area contributed by atoms with E-state index in [9.17, 15) is 14.4 Å². The average molecular weight is 316 g/mol. The Morgan fingerprint density at radius 3 is 1.86 bits per heavy atom. The number of unbranched alkanes of at least 4 members (excludes halogenated alkanes) is 2.